The molecule has 0 radical (unpaired) electrons. The van der Waals surface area contributed by atoms with Crippen molar-refractivity contribution in [1.29, 1.82) is 0 Å². The van der Waals surface area contributed by atoms with Crippen LogP contribution in [0.2, 0.25) is 0 Å². The van der Waals surface area contributed by atoms with E-state index in [2.05, 4.69) is 26.1 Å². The molecule has 0 aliphatic rings. The highest BCUT2D eigenvalue weighted by atomic mass is 16.3. The zero-order valence-corrected chi connectivity index (χ0v) is 12.5. The molecule has 0 saturated heterocycles. The zero-order valence-electron chi connectivity index (χ0n) is 12.5. The van der Waals surface area contributed by atoms with Crippen molar-refractivity contribution in [2.75, 3.05) is 6.54 Å². The van der Waals surface area contributed by atoms with Crippen LogP contribution < -0.4 is 5.32 Å². The molecule has 0 aliphatic carbocycles. The van der Waals surface area contributed by atoms with Crippen molar-refractivity contribution in [3.63, 3.8) is 0 Å². The van der Waals surface area contributed by atoms with E-state index < -0.39 is 5.60 Å². The Morgan fingerprint density at radius 3 is 2.39 bits per heavy atom. The van der Waals surface area contributed by atoms with Gasteiger partial charge in [0, 0.05) is 18.2 Å². The van der Waals surface area contributed by atoms with Crippen LogP contribution in [0.3, 0.4) is 0 Å². The summed E-state index contributed by atoms with van der Waals surface area (Å²) in [4.78, 5) is 0. The fourth-order valence-electron chi connectivity index (χ4n) is 2.42. The lowest BCUT2D eigenvalue weighted by Crippen LogP contribution is -2.40. The van der Waals surface area contributed by atoms with Crippen LogP contribution in [0.5, 0.6) is 0 Å². The largest absolute Gasteiger partial charge is 0.466 e. The van der Waals surface area contributed by atoms with E-state index in [1.807, 2.05) is 26.8 Å². The van der Waals surface area contributed by atoms with Gasteiger partial charge in [0.15, 0.2) is 0 Å². The van der Waals surface area contributed by atoms with Crippen molar-refractivity contribution in [1.82, 2.24) is 5.32 Å². The summed E-state index contributed by atoms with van der Waals surface area (Å²) >= 11 is 0. The van der Waals surface area contributed by atoms with Gasteiger partial charge in [-0.3, -0.25) is 0 Å². The lowest BCUT2D eigenvalue weighted by molar-refractivity contribution is 0.0522. The first kappa shape index (κ1) is 15.3. The third-order valence-corrected chi connectivity index (χ3v) is 3.24. The van der Waals surface area contributed by atoms with Gasteiger partial charge in [0.1, 0.15) is 17.1 Å². The predicted octanol–water partition coefficient (Wildman–Crippen LogP) is 3.13. The standard InChI is InChI=1S/C15H27NO2/c1-10(2)7-11(3)16-9-15(6,17)14-8-12(4)18-13(14)5/h8,10-11,16-17H,7,9H2,1-6H3. The van der Waals surface area contributed by atoms with Crippen LogP contribution in [-0.4, -0.2) is 17.7 Å². The minimum atomic E-state index is -0.882. The third kappa shape index (κ3) is 4.14. The molecule has 2 atom stereocenters. The number of nitrogens with one attached hydrogen (secondary N) is 1. The highest BCUT2D eigenvalue weighted by Crippen LogP contribution is 2.26. The van der Waals surface area contributed by atoms with Gasteiger partial charge in [-0.2, -0.15) is 0 Å². The van der Waals surface area contributed by atoms with E-state index in [0.29, 0.717) is 18.5 Å². The van der Waals surface area contributed by atoms with E-state index in [1.54, 1.807) is 0 Å². The van der Waals surface area contributed by atoms with Crippen molar-refractivity contribution in [2.24, 2.45) is 5.92 Å². The Morgan fingerprint density at radius 2 is 1.94 bits per heavy atom. The van der Waals surface area contributed by atoms with E-state index in [4.69, 9.17) is 4.42 Å². The highest BCUT2D eigenvalue weighted by molar-refractivity contribution is 5.26. The molecule has 0 spiro atoms. The Balaban J connectivity index is 2.62. The fraction of sp³-hybridized carbons (Fsp3) is 0.733. The summed E-state index contributed by atoms with van der Waals surface area (Å²) in [6, 6.07) is 2.33. The molecule has 0 amide bonds. The molecular formula is C15H27NO2. The second kappa shape index (κ2) is 5.89. The highest BCUT2D eigenvalue weighted by Gasteiger charge is 2.27. The van der Waals surface area contributed by atoms with Crippen LogP contribution in [0.25, 0.3) is 0 Å². The molecule has 18 heavy (non-hydrogen) atoms. The van der Waals surface area contributed by atoms with Crippen LogP contribution in [-0.2, 0) is 5.60 Å². The van der Waals surface area contributed by atoms with Crippen LogP contribution in [0.15, 0.2) is 10.5 Å². The maximum absolute atomic E-state index is 10.5. The maximum atomic E-state index is 10.5. The average Bonchev–Trinajstić information content (AvgIpc) is 2.55. The smallest absolute Gasteiger partial charge is 0.107 e. The molecule has 1 rings (SSSR count). The van der Waals surface area contributed by atoms with E-state index in [1.165, 1.54) is 0 Å². The second-order valence-electron chi connectivity index (χ2n) is 6.01. The van der Waals surface area contributed by atoms with Crippen molar-refractivity contribution >= 4 is 0 Å². The summed E-state index contributed by atoms with van der Waals surface area (Å²) in [5, 5.41) is 13.9. The molecule has 2 unspecified atom stereocenters. The van der Waals surface area contributed by atoms with Gasteiger partial charge in [0.2, 0.25) is 0 Å². The van der Waals surface area contributed by atoms with Gasteiger partial charge in [-0.25, -0.2) is 0 Å². The molecule has 3 heteroatoms. The molecule has 104 valence electrons. The van der Waals surface area contributed by atoms with Crippen molar-refractivity contribution in [3.8, 4) is 0 Å². The minimum absolute atomic E-state index is 0.407. The molecule has 0 fully saturated rings. The van der Waals surface area contributed by atoms with Crippen molar-refractivity contribution in [3.05, 3.63) is 23.2 Å². The SMILES string of the molecule is Cc1cc(C(C)(O)CNC(C)CC(C)C)c(C)o1. The van der Waals surface area contributed by atoms with Gasteiger partial charge in [0.25, 0.3) is 0 Å². The Kier molecular flexibility index (Phi) is 5.00. The van der Waals surface area contributed by atoms with Crippen LogP contribution in [0.1, 0.15) is 51.2 Å². The summed E-state index contributed by atoms with van der Waals surface area (Å²) in [7, 11) is 0. The lowest BCUT2D eigenvalue weighted by atomic mass is 9.95. The van der Waals surface area contributed by atoms with Gasteiger partial charge in [0.05, 0.1) is 0 Å². The number of rotatable bonds is 6. The van der Waals surface area contributed by atoms with E-state index >= 15 is 0 Å². The van der Waals surface area contributed by atoms with Crippen LogP contribution >= 0.6 is 0 Å². The third-order valence-electron chi connectivity index (χ3n) is 3.24. The summed E-state index contributed by atoms with van der Waals surface area (Å²) in [6.07, 6.45) is 1.11. The summed E-state index contributed by atoms with van der Waals surface area (Å²) < 4.78 is 5.48. The Bertz CT molecular complexity index is 380. The lowest BCUT2D eigenvalue weighted by Gasteiger charge is -2.26. The Labute approximate surface area is 111 Å². The van der Waals surface area contributed by atoms with Gasteiger partial charge in [-0.15, -0.1) is 0 Å². The van der Waals surface area contributed by atoms with Crippen LogP contribution in [0, 0.1) is 19.8 Å². The molecule has 0 aromatic carbocycles. The first-order valence-corrected chi connectivity index (χ1v) is 6.75. The molecule has 1 heterocycles. The average molecular weight is 253 g/mol. The molecule has 0 aliphatic heterocycles. The van der Waals surface area contributed by atoms with Gasteiger partial charge in [-0.05, 0) is 46.1 Å². The van der Waals surface area contributed by atoms with Crippen molar-refractivity contribution in [2.45, 2.75) is 59.6 Å². The number of aliphatic hydroxyl groups is 1. The summed E-state index contributed by atoms with van der Waals surface area (Å²) in [6.45, 7) is 12.7. The summed E-state index contributed by atoms with van der Waals surface area (Å²) in [5.41, 5.74) is -0.00293. The minimum Gasteiger partial charge on any atom is -0.466 e. The maximum Gasteiger partial charge on any atom is 0.107 e. The Morgan fingerprint density at radius 1 is 1.33 bits per heavy atom. The molecule has 0 saturated carbocycles. The monoisotopic (exact) mass is 253 g/mol. The Hall–Kier alpha value is -0.800. The van der Waals surface area contributed by atoms with Crippen molar-refractivity contribution < 1.29 is 9.52 Å². The number of hydrogen-bond acceptors (Lipinski definition) is 3. The normalized spacial score (nSPS) is 16.9. The zero-order chi connectivity index (χ0) is 13.9. The fourth-order valence-corrected chi connectivity index (χ4v) is 2.42. The first-order chi connectivity index (χ1) is 8.22. The quantitative estimate of drug-likeness (QED) is 0.818. The van der Waals surface area contributed by atoms with Gasteiger partial charge < -0.3 is 14.8 Å². The molecule has 2 N–H and O–H groups in total. The molecule has 0 bridgehead atoms. The summed E-state index contributed by atoms with van der Waals surface area (Å²) in [5.74, 6) is 2.31. The van der Waals surface area contributed by atoms with E-state index in [9.17, 15) is 5.11 Å². The number of aryl methyl sites for hydroxylation is 2. The van der Waals surface area contributed by atoms with Gasteiger partial charge in [-0.1, -0.05) is 13.8 Å². The predicted molar refractivity (Wildman–Crippen MR) is 74.7 cm³/mol. The molecule has 3 nitrogen and oxygen atoms in total. The molecule has 1 aromatic heterocycles. The van der Waals surface area contributed by atoms with Gasteiger partial charge >= 0.3 is 0 Å². The number of furan rings is 1. The van der Waals surface area contributed by atoms with E-state index in [0.717, 1.165) is 23.5 Å². The second-order valence-corrected chi connectivity index (χ2v) is 6.01. The first-order valence-electron chi connectivity index (χ1n) is 6.75. The topological polar surface area (TPSA) is 45.4 Å². The van der Waals surface area contributed by atoms with Crippen LogP contribution in [0.4, 0.5) is 0 Å². The van der Waals surface area contributed by atoms with E-state index in [-0.39, 0.29) is 0 Å². The molecule has 1 aromatic rings. The molecular weight excluding hydrogens is 226 g/mol. The number of hydrogen-bond donors (Lipinski definition) is 2.